The summed E-state index contributed by atoms with van der Waals surface area (Å²) in [4.78, 5) is 13.6. The molecule has 72 valence electrons. The Labute approximate surface area is 80.2 Å². The van der Waals surface area contributed by atoms with E-state index in [-0.39, 0.29) is 19.0 Å². The van der Waals surface area contributed by atoms with Crippen LogP contribution in [0.1, 0.15) is 0 Å². The molecular formula is C7H8ClFN2O2. The van der Waals surface area contributed by atoms with E-state index >= 15 is 0 Å². The molecule has 6 heteroatoms. The van der Waals surface area contributed by atoms with E-state index in [4.69, 9.17) is 5.11 Å². The van der Waals surface area contributed by atoms with Gasteiger partial charge in [0.1, 0.15) is 12.4 Å². The van der Waals surface area contributed by atoms with E-state index in [2.05, 4.69) is 10.3 Å². The number of nitrogens with one attached hydrogen (secondary N) is 1. The molecule has 1 aromatic heterocycles. The van der Waals surface area contributed by atoms with Crippen molar-refractivity contribution < 1.29 is 14.3 Å². The molecule has 13 heavy (non-hydrogen) atoms. The molecule has 0 saturated heterocycles. The van der Waals surface area contributed by atoms with Gasteiger partial charge in [-0.25, -0.2) is 4.39 Å². The van der Waals surface area contributed by atoms with Gasteiger partial charge < -0.3 is 10.4 Å². The van der Waals surface area contributed by atoms with Crippen LogP contribution in [0, 0.1) is 5.82 Å². The Balaban J connectivity index is 0.00000144. The maximum absolute atomic E-state index is 12.4. The summed E-state index contributed by atoms with van der Waals surface area (Å²) in [6.07, 6.45) is 2.40. The van der Waals surface area contributed by atoms with Crippen molar-refractivity contribution >= 4 is 24.1 Å². The van der Waals surface area contributed by atoms with E-state index in [1.807, 2.05) is 0 Å². The second-order valence-corrected chi connectivity index (χ2v) is 2.14. The zero-order chi connectivity index (χ0) is 8.97. The lowest BCUT2D eigenvalue weighted by Crippen LogP contribution is -2.12. The van der Waals surface area contributed by atoms with Gasteiger partial charge in [0.05, 0.1) is 18.1 Å². The fraction of sp³-hybridized carbons (Fsp3) is 0.143. The molecule has 0 amide bonds. The van der Waals surface area contributed by atoms with Gasteiger partial charge in [-0.15, -0.1) is 12.4 Å². The maximum Gasteiger partial charge on any atom is 0.322 e. The van der Waals surface area contributed by atoms with Crippen molar-refractivity contribution in [2.24, 2.45) is 0 Å². The summed E-state index contributed by atoms with van der Waals surface area (Å²) in [5, 5.41) is 10.8. The van der Waals surface area contributed by atoms with Crippen LogP contribution in [0.15, 0.2) is 18.5 Å². The maximum atomic E-state index is 12.4. The molecular weight excluding hydrogens is 199 g/mol. The van der Waals surface area contributed by atoms with E-state index in [1.54, 1.807) is 0 Å². The number of aromatic nitrogens is 1. The highest BCUT2D eigenvalue weighted by Gasteiger charge is 1.97. The number of carboxylic acid groups (broad SMARTS) is 1. The monoisotopic (exact) mass is 206 g/mol. The molecule has 0 bridgehead atoms. The molecule has 0 fully saturated rings. The molecule has 0 aliphatic carbocycles. The van der Waals surface area contributed by atoms with Crippen LogP contribution >= 0.6 is 12.4 Å². The second kappa shape index (κ2) is 5.31. The standard InChI is InChI=1S/C7H7FN2O2.ClH/c8-5-1-6(3-9-2-5)10-4-7(11)12;/h1-3,10H,4H2,(H,11,12);1H. The minimum absolute atomic E-state index is 0. The molecule has 0 saturated carbocycles. The quantitative estimate of drug-likeness (QED) is 0.779. The van der Waals surface area contributed by atoms with Gasteiger partial charge in [0.2, 0.25) is 0 Å². The molecule has 0 aliphatic rings. The number of hydrogen-bond acceptors (Lipinski definition) is 3. The molecule has 2 N–H and O–H groups in total. The van der Waals surface area contributed by atoms with Crippen LogP contribution in [0.2, 0.25) is 0 Å². The second-order valence-electron chi connectivity index (χ2n) is 2.14. The van der Waals surface area contributed by atoms with Crippen LogP contribution < -0.4 is 5.32 Å². The lowest BCUT2D eigenvalue weighted by Gasteiger charge is -2.00. The summed E-state index contributed by atoms with van der Waals surface area (Å²) >= 11 is 0. The molecule has 0 aromatic carbocycles. The summed E-state index contributed by atoms with van der Waals surface area (Å²) in [5.74, 6) is -1.50. The van der Waals surface area contributed by atoms with Crippen molar-refractivity contribution in [3.63, 3.8) is 0 Å². The average molecular weight is 207 g/mol. The van der Waals surface area contributed by atoms with E-state index < -0.39 is 11.8 Å². The number of anilines is 1. The molecule has 1 heterocycles. The predicted molar refractivity (Wildman–Crippen MR) is 47.6 cm³/mol. The largest absolute Gasteiger partial charge is 0.480 e. The lowest BCUT2D eigenvalue weighted by molar-refractivity contribution is -0.134. The van der Waals surface area contributed by atoms with E-state index in [9.17, 15) is 9.18 Å². The molecule has 0 radical (unpaired) electrons. The van der Waals surface area contributed by atoms with Gasteiger partial charge in [-0.05, 0) is 0 Å². The Hall–Kier alpha value is -1.36. The number of hydrogen-bond donors (Lipinski definition) is 2. The molecule has 1 rings (SSSR count). The summed E-state index contributed by atoms with van der Waals surface area (Å²) in [7, 11) is 0. The van der Waals surface area contributed by atoms with Gasteiger partial charge in [-0.3, -0.25) is 9.78 Å². The van der Waals surface area contributed by atoms with Crippen molar-refractivity contribution in [2.75, 3.05) is 11.9 Å². The molecule has 1 aromatic rings. The number of pyridine rings is 1. The molecule has 0 aliphatic heterocycles. The molecule has 0 atom stereocenters. The van der Waals surface area contributed by atoms with Crippen LogP contribution in [-0.4, -0.2) is 22.6 Å². The third-order valence-electron chi connectivity index (χ3n) is 1.15. The lowest BCUT2D eigenvalue weighted by atomic mass is 10.4. The number of carbonyl (C=O) groups is 1. The van der Waals surface area contributed by atoms with Crippen LogP contribution in [0.25, 0.3) is 0 Å². The Morgan fingerprint density at radius 1 is 1.62 bits per heavy atom. The van der Waals surface area contributed by atoms with Crippen molar-refractivity contribution in [3.8, 4) is 0 Å². The zero-order valence-corrected chi connectivity index (χ0v) is 7.34. The predicted octanol–water partition coefficient (Wildman–Crippen LogP) is 1.14. The SMILES string of the molecule is Cl.O=C(O)CNc1cncc(F)c1. The van der Waals surface area contributed by atoms with Crippen LogP contribution in [-0.2, 0) is 4.79 Å². The Kier molecular flexibility index (Phi) is 4.76. The number of aliphatic carboxylic acids is 1. The van der Waals surface area contributed by atoms with E-state index in [1.165, 1.54) is 12.3 Å². The summed E-state index contributed by atoms with van der Waals surface area (Å²) < 4.78 is 12.4. The summed E-state index contributed by atoms with van der Waals surface area (Å²) in [6, 6.07) is 1.18. The number of carboxylic acids is 1. The first-order valence-corrected chi connectivity index (χ1v) is 3.24. The van der Waals surface area contributed by atoms with Crippen LogP contribution in [0.5, 0.6) is 0 Å². The van der Waals surface area contributed by atoms with Gasteiger partial charge in [0.15, 0.2) is 0 Å². The minimum atomic E-state index is -1.00. The average Bonchev–Trinajstić information content (AvgIpc) is 2.01. The minimum Gasteiger partial charge on any atom is -0.480 e. The van der Waals surface area contributed by atoms with E-state index in [0.29, 0.717) is 5.69 Å². The van der Waals surface area contributed by atoms with Gasteiger partial charge in [-0.2, -0.15) is 0 Å². The number of rotatable bonds is 3. The van der Waals surface area contributed by atoms with Crippen molar-refractivity contribution in [3.05, 3.63) is 24.3 Å². The van der Waals surface area contributed by atoms with Crippen molar-refractivity contribution in [1.82, 2.24) is 4.98 Å². The summed E-state index contributed by atoms with van der Waals surface area (Å²) in [6.45, 7) is -0.245. The zero-order valence-electron chi connectivity index (χ0n) is 6.53. The van der Waals surface area contributed by atoms with Gasteiger partial charge in [0, 0.05) is 6.07 Å². The molecule has 4 nitrogen and oxygen atoms in total. The van der Waals surface area contributed by atoms with Crippen molar-refractivity contribution in [2.45, 2.75) is 0 Å². The first-order valence-electron chi connectivity index (χ1n) is 3.24. The first-order chi connectivity index (χ1) is 5.68. The van der Waals surface area contributed by atoms with Gasteiger partial charge >= 0.3 is 5.97 Å². The first kappa shape index (κ1) is 11.6. The topological polar surface area (TPSA) is 62.2 Å². The number of nitrogens with zero attached hydrogens (tertiary/aromatic N) is 1. The fourth-order valence-electron chi connectivity index (χ4n) is 0.686. The highest BCUT2D eigenvalue weighted by molar-refractivity contribution is 5.85. The smallest absolute Gasteiger partial charge is 0.322 e. The third-order valence-corrected chi connectivity index (χ3v) is 1.15. The number of halogens is 2. The Morgan fingerprint density at radius 3 is 2.85 bits per heavy atom. The molecule has 0 unspecified atom stereocenters. The highest BCUT2D eigenvalue weighted by atomic mass is 35.5. The van der Waals surface area contributed by atoms with E-state index in [0.717, 1.165) is 6.20 Å². The van der Waals surface area contributed by atoms with Crippen molar-refractivity contribution in [1.29, 1.82) is 0 Å². The normalized spacial score (nSPS) is 8.69. The fourth-order valence-corrected chi connectivity index (χ4v) is 0.686. The van der Waals surface area contributed by atoms with Gasteiger partial charge in [-0.1, -0.05) is 0 Å². The van der Waals surface area contributed by atoms with Gasteiger partial charge in [0.25, 0.3) is 0 Å². The Bertz CT molecular complexity index is 296. The highest BCUT2D eigenvalue weighted by Crippen LogP contribution is 2.05. The Morgan fingerprint density at radius 2 is 2.31 bits per heavy atom. The van der Waals surface area contributed by atoms with Crippen LogP contribution in [0.3, 0.4) is 0 Å². The van der Waals surface area contributed by atoms with Crippen LogP contribution in [0.4, 0.5) is 10.1 Å². The molecule has 0 spiro atoms. The summed E-state index contributed by atoms with van der Waals surface area (Å²) in [5.41, 5.74) is 0.359. The third kappa shape index (κ3) is 4.27.